The molecule has 0 aromatic carbocycles. The molecule has 1 aliphatic rings. The van der Waals surface area contributed by atoms with Crippen molar-refractivity contribution >= 4 is 33.1 Å². The molecule has 0 fully saturated rings. The minimum atomic E-state index is -0.179. The topological polar surface area (TPSA) is 88.2 Å². The zero-order valence-corrected chi connectivity index (χ0v) is 12.6. The molecule has 1 amide bonds. The first-order chi connectivity index (χ1) is 10.2. The lowest BCUT2D eigenvalue weighted by molar-refractivity contribution is 0.0956. The van der Waals surface area contributed by atoms with Crippen LogP contribution in [-0.2, 0) is 12.8 Å². The van der Waals surface area contributed by atoms with E-state index in [1.54, 1.807) is 0 Å². The Hall–Kier alpha value is -1.66. The number of hydrogen-bond donors (Lipinski definition) is 3. The van der Waals surface area contributed by atoms with Crippen LogP contribution in [0, 0.1) is 0 Å². The highest BCUT2D eigenvalue weighted by Crippen LogP contribution is 2.35. The van der Waals surface area contributed by atoms with Gasteiger partial charge in [-0.15, -0.1) is 11.3 Å². The van der Waals surface area contributed by atoms with Gasteiger partial charge in [0.1, 0.15) is 9.71 Å². The Labute approximate surface area is 127 Å². The lowest BCUT2D eigenvalue weighted by Gasteiger charge is -2.14. The van der Waals surface area contributed by atoms with Gasteiger partial charge in [-0.2, -0.15) is 0 Å². The van der Waals surface area contributed by atoms with Crippen molar-refractivity contribution in [1.82, 2.24) is 10.3 Å². The summed E-state index contributed by atoms with van der Waals surface area (Å²) in [5.41, 5.74) is 9.09. The second-order valence-electron chi connectivity index (χ2n) is 5.33. The second kappa shape index (κ2) is 5.99. The molecule has 0 aliphatic heterocycles. The maximum Gasteiger partial charge on any atom is 0.263 e. The summed E-state index contributed by atoms with van der Waals surface area (Å²) >= 11 is 1.35. The van der Waals surface area contributed by atoms with Gasteiger partial charge in [0.15, 0.2) is 0 Å². The number of nitrogens with zero attached hydrogens (tertiary/aromatic N) is 1. The first-order valence-electron chi connectivity index (χ1n) is 7.30. The van der Waals surface area contributed by atoms with Gasteiger partial charge in [-0.05, 0) is 43.7 Å². The molecule has 3 rings (SSSR count). The van der Waals surface area contributed by atoms with E-state index in [-0.39, 0.29) is 12.5 Å². The van der Waals surface area contributed by atoms with E-state index >= 15 is 0 Å². The van der Waals surface area contributed by atoms with E-state index in [0.717, 1.165) is 28.8 Å². The van der Waals surface area contributed by atoms with Crippen LogP contribution in [0.2, 0.25) is 0 Å². The molecule has 2 aromatic heterocycles. The fraction of sp³-hybridized carbons (Fsp3) is 0.467. The fourth-order valence-corrected chi connectivity index (χ4v) is 3.70. The Balaban J connectivity index is 1.93. The van der Waals surface area contributed by atoms with Gasteiger partial charge in [0, 0.05) is 24.2 Å². The molecule has 2 aromatic rings. The van der Waals surface area contributed by atoms with E-state index in [0.29, 0.717) is 23.5 Å². The van der Waals surface area contributed by atoms with Crippen molar-refractivity contribution in [3.8, 4) is 0 Å². The van der Waals surface area contributed by atoms with Gasteiger partial charge in [-0.25, -0.2) is 4.98 Å². The summed E-state index contributed by atoms with van der Waals surface area (Å²) in [5, 5.41) is 12.4. The third-order valence-electron chi connectivity index (χ3n) is 3.83. The molecule has 1 aliphatic carbocycles. The number of aliphatic hydroxyl groups excluding tert-OH is 1. The van der Waals surface area contributed by atoms with Crippen molar-refractivity contribution in [3.63, 3.8) is 0 Å². The van der Waals surface area contributed by atoms with Crippen LogP contribution in [0.1, 0.15) is 40.2 Å². The number of amides is 1. The predicted molar refractivity (Wildman–Crippen MR) is 84.7 cm³/mol. The number of fused-ring (bicyclic) bond motifs is 2. The number of anilines is 1. The first kappa shape index (κ1) is 14.3. The van der Waals surface area contributed by atoms with Crippen LogP contribution >= 0.6 is 11.3 Å². The highest BCUT2D eigenvalue weighted by atomic mass is 32.1. The van der Waals surface area contributed by atoms with Crippen LogP contribution in [0.25, 0.3) is 10.2 Å². The molecule has 21 heavy (non-hydrogen) atoms. The highest BCUT2D eigenvalue weighted by Gasteiger charge is 2.20. The number of thiophene rings is 1. The van der Waals surface area contributed by atoms with Crippen molar-refractivity contribution in [2.75, 3.05) is 18.9 Å². The number of carbonyl (C=O) groups is 1. The van der Waals surface area contributed by atoms with E-state index in [2.05, 4.69) is 11.4 Å². The van der Waals surface area contributed by atoms with E-state index in [9.17, 15) is 4.79 Å². The molecule has 0 radical (unpaired) electrons. The number of pyridine rings is 1. The van der Waals surface area contributed by atoms with Gasteiger partial charge in [0.2, 0.25) is 0 Å². The number of aromatic nitrogens is 1. The van der Waals surface area contributed by atoms with E-state index in [1.165, 1.54) is 29.7 Å². The van der Waals surface area contributed by atoms with Crippen LogP contribution in [0.15, 0.2) is 6.07 Å². The van der Waals surface area contributed by atoms with Crippen molar-refractivity contribution < 1.29 is 9.90 Å². The molecular weight excluding hydrogens is 286 g/mol. The summed E-state index contributed by atoms with van der Waals surface area (Å²) in [7, 11) is 0. The third kappa shape index (κ3) is 2.73. The standard InChI is InChI=1S/C15H19N3O2S/c16-12-10-8-9-4-1-2-5-11(9)18-15(10)21-13(12)14(20)17-6-3-7-19/h8,19H,1-7,16H2,(H,17,20). The third-order valence-corrected chi connectivity index (χ3v) is 4.94. The van der Waals surface area contributed by atoms with Crippen LogP contribution in [0.3, 0.4) is 0 Å². The number of rotatable bonds is 4. The van der Waals surface area contributed by atoms with Crippen molar-refractivity contribution in [1.29, 1.82) is 0 Å². The fourth-order valence-electron chi connectivity index (χ4n) is 2.69. The lowest BCUT2D eigenvalue weighted by Crippen LogP contribution is -2.24. The zero-order valence-electron chi connectivity index (χ0n) is 11.8. The Kier molecular flexibility index (Phi) is 4.07. The quantitative estimate of drug-likeness (QED) is 0.752. The molecule has 5 nitrogen and oxygen atoms in total. The Morgan fingerprint density at radius 3 is 3.05 bits per heavy atom. The molecule has 0 atom stereocenters. The number of nitrogens with two attached hydrogens (primary N) is 1. The molecule has 0 unspecified atom stereocenters. The van der Waals surface area contributed by atoms with E-state index in [4.69, 9.17) is 15.8 Å². The number of nitrogen functional groups attached to an aromatic ring is 1. The molecule has 6 heteroatoms. The SMILES string of the molecule is Nc1c(C(=O)NCCCO)sc2nc3c(cc12)CCCC3. The minimum Gasteiger partial charge on any atom is -0.397 e. The van der Waals surface area contributed by atoms with Crippen molar-refractivity contribution in [3.05, 3.63) is 22.2 Å². The van der Waals surface area contributed by atoms with Gasteiger partial charge in [-0.3, -0.25) is 4.79 Å². The monoisotopic (exact) mass is 305 g/mol. The lowest BCUT2D eigenvalue weighted by atomic mass is 9.95. The average molecular weight is 305 g/mol. The van der Waals surface area contributed by atoms with Gasteiger partial charge < -0.3 is 16.2 Å². The Morgan fingerprint density at radius 2 is 2.24 bits per heavy atom. The summed E-state index contributed by atoms with van der Waals surface area (Å²) in [5.74, 6) is -0.179. The number of carbonyl (C=O) groups excluding carboxylic acids is 1. The second-order valence-corrected chi connectivity index (χ2v) is 6.33. The number of aryl methyl sites for hydroxylation is 2. The molecule has 0 saturated carbocycles. The first-order valence-corrected chi connectivity index (χ1v) is 8.12. The van der Waals surface area contributed by atoms with Crippen molar-refractivity contribution in [2.45, 2.75) is 32.1 Å². The smallest absolute Gasteiger partial charge is 0.263 e. The van der Waals surface area contributed by atoms with Crippen LogP contribution in [0.4, 0.5) is 5.69 Å². The van der Waals surface area contributed by atoms with E-state index in [1.807, 2.05) is 0 Å². The summed E-state index contributed by atoms with van der Waals surface area (Å²) in [4.78, 5) is 18.2. The number of nitrogens with one attached hydrogen (secondary N) is 1. The molecule has 0 saturated heterocycles. The van der Waals surface area contributed by atoms with Gasteiger partial charge in [0.25, 0.3) is 5.91 Å². The van der Waals surface area contributed by atoms with Crippen LogP contribution in [-0.4, -0.2) is 29.1 Å². The van der Waals surface area contributed by atoms with Gasteiger partial charge >= 0.3 is 0 Å². The molecular formula is C15H19N3O2S. The van der Waals surface area contributed by atoms with Crippen LogP contribution in [0.5, 0.6) is 0 Å². The average Bonchev–Trinajstić information content (AvgIpc) is 2.82. The summed E-state index contributed by atoms with van der Waals surface area (Å²) in [6.45, 7) is 0.517. The van der Waals surface area contributed by atoms with Crippen molar-refractivity contribution in [2.24, 2.45) is 0 Å². The largest absolute Gasteiger partial charge is 0.397 e. The highest BCUT2D eigenvalue weighted by molar-refractivity contribution is 7.21. The Bertz CT molecular complexity index is 681. The summed E-state index contributed by atoms with van der Waals surface area (Å²) in [6.07, 6.45) is 4.98. The zero-order chi connectivity index (χ0) is 14.8. The molecule has 2 heterocycles. The maximum absolute atomic E-state index is 12.1. The number of hydrogen-bond acceptors (Lipinski definition) is 5. The summed E-state index contributed by atoms with van der Waals surface area (Å²) in [6, 6.07) is 2.10. The predicted octanol–water partition coefficient (Wildman–Crippen LogP) is 1.87. The van der Waals surface area contributed by atoms with Gasteiger partial charge in [-0.1, -0.05) is 0 Å². The molecule has 0 bridgehead atoms. The molecule has 112 valence electrons. The molecule has 0 spiro atoms. The van der Waals surface area contributed by atoms with Gasteiger partial charge in [0.05, 0.1) is 5.69 Å². The minimum absolute atomic E-state index is 0.0659. The summed E-state index contributed by atoms with van der Waals surface area (Å²) < 4.78 is 0. The normalized spacial score (nSPS) is 14.1. The number of aliphatic hydroxyl groups is 1. The maximum atomic E-state index is 12.1. The van der Waals surface area contributed by atoms with Crippen LogP contribution < -0.4 is 11.1 Å². The molecule has 4 N–H and O–H groups in total. The Morgan fingerprint density at radius 1 is 1.43 bits per heavy atom. The van der Waals surface area contributed by atoms with E-state index < -0.39 is 0 Å².